The lowest BCUT2D eigenvalue weighted by atomic mass is 9.77. The molecule has 0 radical (unpaired) electrons. The summed E-state index contributed by atoms with van der Waals surface area (Å²) in [5.41, 5.74) is -0.815. The van der Waals surface area contributed by atoms with Gasteiger partial charge in [-0.15, -0.1) is 0 Å². The Hall–Kier alpha value is -3.88. The second-order valence-electron chi connectivity index (χ2n) is 12.8. The molecule has 10 nitrogen and oxygen atoms in total. The van der Waals surface area contributed by atoms with Crippen molar-refractivity contribution in [2.75, 3.05) is 0 Å². The lowest BCUT2D eigenvalue weighted by Crippen LogP contribution is -2.14. The van der Waals surface area contributed by atoms with Crippen LogP contribution in [0.5, 0.6) is 34.5 Å². The largest absolute Gasteiger partial charge is 0.507 e. The first kappa shape index (κ1) is 32.3. The molecule has 0 spiro atoms. The highest BCUT2D eigenvalue weighted by atomic mass is 79.9. The Morgan fingerprint density at radius 1 is 0.551 bits per heavy atom. The van der Waals surface area contributed by atoms with E-state index in [-0.39, 0.29) is 90.9 Å². The number of benzene rings is 8. The summed E-state index contributed by atoms with van der Waals surface area (Å²) in [4.78, 5) is 28.5. The molecule has 250 valence electrons. The predicted octanol–water partition coefficient (Wildman–Crippen LogP) is 7.38. The van der Waals surface area contributed by atoms with Crippen molar-refractivity contribution >= 4 is 123 Å². The molecule has 0 saturated carbocycles. The number of phenolic OH excluding ortho intramolecular Hbond substituents is 6. The Morgan fingerprint density at radius 2 is 1.00 bits per heavy atom. The van der Waals surface area contributed by atoms with E-state index in [0.29, 0.717) is 34.7 Å². The maximum Gasteiger partial charge on any atom is 0.201 e. The molecular weight excluding hydrogens is 832 g/mol. The Morgan fingerprint density at radius 3 is 1.57 bits per heavy atom. The number of aliphatic hydroxyl groups is 2. The summed E-state index contributed by atoms with van der Waals surface area (Å²) in [7, 11) is 0. The number of aliphatic hydroxyl groups excluding tert-OH is 2. The molecule has 0 aromatic heterocycles. The van der Waals surface area contributed by atoms with Crippen molar-refractivity contribution in [2.24, 2.45) is 0 Å². The van der Waals surface area contributed by atoms with Crippen LogP contribution in [0.4, 0.5) is 0 Å². The number of hydrogen-bond acceptors (Lipinski definition) is 10. The molecule has 2 atom stereocenters. The zero-order valence-corrected chi connectivity index (χ0v) is 30.3. The smallest absolute Gasteiger partial charge is 0.201 e. The predicted molar refractivity (Wildman–Crippen MR) is 199 cm³/mol. The average Bonchev–Trinajstić information content (AvgIpc) is 3.03. The molecule has 13 heteroatoms. The van der Waals surface area contributed by atoms with Crippen LogP contribution in [-0.2, 0) is 12.8 Å². The van der Waals surface area contributed by atoms with Gasteiger partial charge in [-0.3, -0.25) is 9.59 Å². The number of fused-ring (bicyclic) bond motifs is 2. The van der Waals surface area contributed by atoms with Gasteiger partial charge >= 0.3 is 0 Å². The van der Waals surface area contributed by atoms with Gasteiger partial charge in [-0.2, -0.15) is 0 Å². The molecule has 0 fully saturated rings. The Bertz CT molecular complexity index is 2870. The highest BCUT2D eigenvalue weighted by molar-refractivity contribution is 9.11. The standard InChI is InChI=1S/C36H25Br3O10/c1-3-4-9(41)6-11-15-14-10(5-8(2)40)28(37)34(47)25-18(14)21-20-16(12(42)7-13(43)17(20)31(25)44)24-23-22(21)19(15)26(35(48)29(11)38)32(45)27(23)36(49)30(39)33(24)46/h7-9,40-41,43-44,46-49H,3-6H2,1-2H3. The molecule has 0 aliphatic rings. The van der Waals surface area contributed by atoms with Crippen LogP contribution >= 0.6 is 47.8 Å². The van der Waals surface area contributed by atoms with E-state index >= 15 is 0 Å². The zero-order chi connectivity index (χ0) is 35.3. The van der Waals surface area contributed by atoms with Crippen molar-refractivity contribution in [3.05, 3.63) is 51.1 Å². The summed E-state index contributed by atoms with van der Waals surface area (Å²) >= 11 is 10.1. The SMILES string of the molecule is CCCC(O)Cc1c(Br)c(O)c2c(=O)c3c(O)c(Br)c(O)c4c5c(=O)cc(O)c6c(O)c7c(O)c(Br)c(CC(C)O)c8c1c2c(c34)c(c78)c65. The van der Waals surface area contributed by atoms with Gasteiger partial charge in [0, 0.05) is 55.6 Å². The molecule has 8 N–H and O–H groups in total. The van der Waals surface area contributed by atoms with Crippen LogP contribution in [0.25, 0.3) is 75.4 Å². The van der Waals surface area contributed by atoms with Gasteiger partial charge in [0.15, 0.2) is 5.43 Å². The lowest BCUT2D eigenvalue weighted by Gasteiger charge is -2.28. The van der Waals surface area contributed by atoms with Gasteiger partial charge in [-0.1, -0.05) is 13.3 Å². The molecular formula is C36H25Br3O10. The summed E-state index contributed by atoms with van der Waals surface area (Å²) in [6.07, 6.45) is -0.872. The number of phenols is 6. The molecule has 0 amide bonds. The van der Waals surface area contributed by atoms with Gasteiger partial charge in [0.05, 0.1) is 42.7 Å². The molecule has 2 unspecified atom stereocenters. The molecule has 0 aliphatic carbocycles. The van der Waals surface area contributed by atoms with Gasteiger partial charge in [0.1, 0.15) is 39.0 Å². The van der Waals surface area contributed by atoms with E-state index in [0.717, 1.165) is 6.07 Å². The van der Waals surface area contributed by atoms with E-state index in [4.69, 9.17) is 0 Å². The van der Waals surface area contributed by atoms with Crippen molar-refractivity contribution < 1.29 is 40.9 Å². The molecule has 8 aromatic carbocycles. The fraction of sp³-hybridized carbons (Fsp3) is 0.222. The van der Waals surface area contributed by atoms with E-state index in [1.54, 1.807) is 6.92 Å². The minimum atomic E-state index is -0.959. The molecule has 8 aromatic rings. The first-order valence-electron chi connectivity index (χ1n) is 15.4. The van der Waals surface area contributed by atoms with E-state index in [1.807, 2.05) is 6.92 Å². The molecule has 0 bridgehead atoms. The van der Waals surface area contributed by atoms with E-state index < -0.39 is 57.6 Å². The topological polar surface area (TPSA) is 196 Å². The van der Waals surface area contributed by atoms with E-state index in [1.165, 1.54) is 0 Å². The third-order valence-corrected chi connectivity index (χ3v) is 12.4. The number of aromatic hydroxyl groups is 6. The Kier molecular flexibility index (Phi) is 6.97. The van der Waals surface area contributed by atoms with Crippen molar-refractivity contribution in [2.45, 2.75) is 51.7 Å². The minimum Gasteiger partial charge on any atom is -0.507 e. The van der Waals surface area contributed by atoms with Crippen LogP contribution in [0, 0.1) is 0 Å². The van der Waals surface area contributed by atoms with Gasteiger partial charge in [-0.05, 0) is 89.5 Å². The quantitative estimate of drug-likeness (QED) is 0.0618. The lowest BCUT2D eigenvalue weighted by molar-refractivity contribution is 0.164. The van der Waals surface area contributed by atoms with Crippen molar-refractivity contribution in [3.63, 3.8) is 0 Å². The van der Waals surface area contributed by atoms with Crippen molar-refractivity contribution in [1.82, 2.24) is 0 Å². The maximum atomic E-state index is 14.6. The molecule has 0 heterocycles. The van der Waals surface area contributed by atoms with Crippen LogP contribution in [0.15, 0.2) is 29.1 Å². The normalized spacial score (nSPS) is 14.0. The second kappa shape index (κ2) is 10.6. The minimum absolute atomic E-state index is 0.00700. The Balaban J connectivity index is 1.92. The van der Waals surface area contributed by atoms with Gasteiger partial charge in [-0.25, -0.2) is 0 Å². The second-order valence-corrected chi connectivity index (χ2v) is 15.2. The summed E-state index contributed by atoms with van der Waals surface area (Å²) in [5.74, 6) is -3.29. The summed E-state index contributed by atoms with van der Waals surface area (Å²) in [6.45, 7) is 3.45. The maximum absolute atomic E-state index is 14.6. The molecule has 0 saturated heterocycles. The summed E-state index contributed by atoms with van der Waals surface area (Å²) in [6, 6.07) is 0.866. The van der Waals surface area contributed by atoms with Gasteiger partial charge in [0.25, 0.3) is 0 Å². The highest BCUT2D eigenvalue weighted by Gasteiger charge is 2.36. The number of hydrogen-bond donors (Lipinski definition) is 8. The van der Waals surface area contributed by atoms with Crippen LogP contribution < -0.4 is 10.9 Å². The monoisotopic (exact) mass is 854 g/mol. The molecule has 0 aliphatic heterocycles. The van der Waals surface area contributed by atoms with Crippen LogP contribution in [0.2, 0.25) is 0 Å². The fourth-order valence-electron chi connectivity index (χ4n) is 8.16. The number of halogens is 3. The Labute approximate surface area is 299 Å². The van der Waals surface area contributed by atoms with Crippen LogP contribution in [0.3, 0.4) is 0 Å². The van der Waals surface area contributed by atoms with E-state index in [9.17, 15) is 50.4 Å². The van der Waals surface area contributed by atoms with Crippen molar-refractivity contribution in [1.29, 1.82) is 0 Å². The van der Waals surface area contributed by atoms with Crippen molar-refractivity contribution in [3.8, 4) is 34.5 Å². The first-order valence-corrected chi connectivity index (χ1v) is 17.8. The molecule has 8 rings (SSSR count). The third-order valence-electron chi connectivity index (χ3n) is 9.92. The number of rotatable bonds is 6. The average molecular weight is 857 g/mol. The zero-order valence-electron chi connectivity index (χ0n) is 25.6. The van der Waals surface area contributed by atoms with Gasteiger partial charge in [0.2, 0.25) is 5.43 Å². The fourth-order valence-corrected chi connectivity index (χ4v) is 9.67. The highest BCUT2D eigenvalue weighted by Crippen LogP contribution is 2.61. The third kappa shape index (κ3) is 3.82. The summed E-state index contributed by atoms with van der Waals surface area (Å²) in [5, 5.41) is 92.0. The van der Waals surface area contributed by atoms with E-state index in [2.05, 4.69) is 47.8 Å². The van der Waals surface area contributed by atoms with Crippen LogP contribution in [-0.4, -0.2) is 53.1 Å². The van der Waals surface area contributed by atoms with Gasteiger partial charge < -0.3 is 40.9 Å². The first-order chi connectivity index (χ1) is 23.1. The van der Waals surface area contributed by atoms with Crippen LogP contribution in [0.1, 0.15) is 37.8 Å². The molecule has 49 heavy (non-hydrogen) atoms. The summed E-state index contributed by atoms with van der Waals surface area (Å²) < 4.78 is -0.0862.